The molecule has 19 heavy (non-hydrogen) atoms. The quantitative estimate of drug-likeness (QED) is 0.835. The van der Waals surface area contributed by atoms with Gasteiger partial charge in [-0.3, -0.25) is 0 Å². The molecule has 0 saturated heterocycles. The van der Waals surface area contributed by atoms with E-state index in [-0.39, 0.29) is 6.61 Å². The van der Waals surface area contributed by atoms with E-state index in [1.54, 1.807) is 24.5 Å². The van der Waals surface area contributed by atoms with Gasteiger partial charge in [0.05, 0.1) is 6.26 Å². The third kappa shape index (κ3) is 3.74. The lowest BCUT2D eigenvalue weighted by atomic mass is 10.2. The summed E-state index contributed by atoms with van der Waals surface area (Å²) in [4.78, 5) is 11.7. The predicted octanol–water partition coefficient (Wildman–Crippen LogP) is 3.43. The van der Waals surface area contributed by atoms with Crippen molar-refractivity contribution in [2.75, 3.05) is 0 Å². The third-order valence-corrected chi connectivity index (χ3v) is 2.57. The zero-order valence-electron chi connectivity index (χ0n) is 10.4. The van der Waals surface area contributed by atoms with E-state index in [1.807, 2.05) is 30.3 Å². The fourth-order valence-electron chi connectivity index (χ4n) is 1.61. The molecule has 0 radical (unpaired) electrons. The number of carbonyl (C=O) groups is 1. The molecule has 2 aromatic rings. The molecule has 1 aromatic carbocycles. The Hall–Kier alpha value is -2.49. The first-order chi connectivity index (χ1) is 9.29. The minimum Gasteiger partial charge on any atom is -0.467 e. The Labute approximate surface area is 111 Å². The summed E-state index contributed by atoms with van der Waals surface area (Å²) >= 11 is 0. The first-order valence-corrected chi connectivity index (χ1v) is 5.93. The molecule has 0 saturated carbocycles. The molecule has 0 bridgehead atoms. The second-order valence-electron chi connectivity index (χ2n) is 3.93. The molecule has 1 atom stereocenters. The van der Waals surface area contributed by atoms with E-state index in [4.69, 9.17) is 9.15 Å². The Balaban J connectivity index is 1.85. The van der Waals surface area contributed by atoms with Crippen molar-refractivity contribution in [2.24, 2.45) is 0 Å². The van der Waals surface area contributed by atoms with Crippen LogP contribution < -0.4 is 5.32 Å². The molecule has 4 heteroatoms. The number of rotatable bonds is 5. The van der Waals surface area contributed by atoms with Gasteiger partial charge < -0.3 is 14.5 Å². The Morgan fingerprint density at radius 3 is 2.74 bits per heavy atom. The Morgan fingerprint density at radius 2 is 2.11 bits per heavy atom. The molecule has 0 aliphatic heterocycles. The minimum atomic E-state index is -0.509. The molecule has 4 nitrogen and oxygen atoms in total. The highest BCUT2D eigenvalue weighted by Crippen LogP contribution is 2.14. The van der Waals surface area contributed by atoms with Gasteiger partial charge in [-0.1, -0.05) is 36.4 Å². The van der Waals surface area contributed by atoms with Gasteiger partial charge in [0.2, 0.25) is 0 Å². The molecular weight excluding hydrogens is 242 g/mol. The molecule has 98 valence electrons. The average Bonchev–Trinajstić information content (AvgIpc) is 2.97. The summed E-state index contributed by atoms with van der Waals surface area (Å²) in [6.07, 6.45) is 2.62. The molecule has 1 aromatic heterocycles. The number of amides is 1. The van der Waals surface area contributed by atoms with Crippen molar-refractivity contribution < 1.29 is 13.9 Å². The van der Waals surface area contributed by atoms with Crippen molar-refractivity contribution in [1.29, 1.82) is 0 Å². The van der Waals surface area contributed by atoms with Crippen LogP contribution in [0, 0.1) is 0 Å². The normalized spacial score (nSPS) is 11.6. The van der Waals surface area contributed by atoms with Crippen molar-refractivity contribution >= 4 is 6.09 Å². The van der Waals surface area contributed by atoms with Gasteiger partial charge in [-0.2, -0.15) is 0 Å². The van der Waals surface area contributed by atoms with Crippen LogP contribution in [0.4, 0.5) is 4.79 Å². The summed E-state index contributed by atoms with van der Waals surface area (Å²) < 4.78 is 10.3. The number of nitrogens with one attached hydrogen (secondary N) is 1. The maximum atomic E-state index is 11.7. The summed E-state index contributed by atoms with van der Waals surface area (Å²) in [5, 5.41) is 2.67. The molecule has 2 rings (SSSR count). The highest BCUT2D eigenvalue weighted by Gasteiger charge is 2.14. The average molecular weight is 257 g/mol. The highest BCUT2D eigenvalue weighted by molar-refractivity contribution is 5.68. The van der Waals surface area contributed by atoms with E-state index >= 15 is 0 Å². The van der Waals surface area contributed by atoms with Crippen molar-refractivity contribution in [2.45, 2.75) is 12.6 Å². The van der Waals surface area contributed by atoms with E-state index in [2.05, 4.69) is 11.9 Å². The van der Waals surface area contributed by atoms with Crippen LogP contribution in [0.5, 0.6) is 0 Å². The predicted molar refractivity (Wildman–Crippen MR) is 71.4 cm³/mol. The second kappa shape index (κ2) is 6.44. The fourth-order valence-corrected chi connectivity index (χ4v) is 1.61. The van der Waals surface area contributed by atoms with Gasteiger partial charge in [0.15, 0.2) is 0 Å². The van der Waals surface area contributed by atoms with Crippen LogP contribution in [0.1, 0.15) is 17.4 Å². The molecule has 0 fully saturated rings. The van der Waals surface area contributed by atoms with Gasteiger partial charge in [0.25, 0.3) is 0 Å². The molecule has 1 amide bonds. The Bertz CT molecular complexity index is 520. The lowest BCUT2D eigenvalue weighted by Gasteiger charge is -2.12. The van der Waals surface area contributed by atoms with Crippen LogP contribution >= 0.6 is 0 Å². The van der Waals surface area contributed by atoms with Crippen molar-refractivity contribution in [3.63, 3.8) is 0 Å². The number of hydrogen-bond donors (Lipinski definition) is 1. The lowest BCUT2D eigenvalue weighted by molar-refractivity contribution is 0.136. The first-order valence-electron chi connectivity index (χ1n) is 5.93. The number of carbonyl (C=O) groups excluding carboxylic acids is 1. The molecule has 0 aliphatic rings. The van der Waals surface area contributed by atoms with Crippen LogP contribution in [-0.4, -0.2) is 6.09 Å². The standard InChI is InChI=1S/C15H15NO3/c1-2-13(14-9-6-10-18-14)16-15(17)19-11-12-7-4-3-5-8-12/h2-10,13H,1,11H2,(H,16,17)/t13-/m0/s1. The first kappa shape index (κ1) is 13.0. The Morgan fingerprint density at radius 1 is 1.32 bits per heavy atom. The lowest BCUT2D eigenvalue weighted by Crippen LogP contribution is -2.27. The van der Waals surface area contributed by atoms with Gasteiger partial charge in [0.1, 0.15) is 18.4 Å². The summed E-state index contributed by atoms with van der Waals surface area (Å²) in [5.74, 6) is 0.617. The second-order valence-corrected chi connectivity index (χ2v) is 3.93. The monoisotopic (exact) mass is 257 g/mol. The zero-order chi connectivity index (χ0) is 13.5. The summed E-state index contributed by atoms with van der Waals surface area (Å²) in [7, 11) is 0. The highest BCUT2D eigenvalue weighted by atomic mass is 16.5. The van der Waals surface area contributed by atoms with Crippen LogP contribution in [0.25, 0.3) is 0 Å². The minimum absolute atomic E-state index is 0.231. The number of alkyl carbamates (subject to hydrolysis) is 1. The number of benzene rings is 1. The smallest absolute Gasteiger partial charge is 0.408 e. The topological polar surface area (TPSA) is 51.5 Å². The van der Waals surface area contributed by atoms with Gasteiger partial charge in [-0.15, -0.1) is 6.58 Å². The summed E-state index contributed by atoms with van der Waals surface area (Å²) in [6.45, 7) is 3.89. The van der Waals surface area contributed by atoms with Crippen LogP contribution in [0.15, 0.2) is 65.8 Å². The van der Waals surface area contributed by atoms with Crippen molar-refractivity contribution in [3.05, 3.63) is 72.7 Å². The van der Waals surface area contributed by atoms with Gasteiger partial charge in [-0.05, 0) is 17.7 Å². The number of hydrogen-bond acceptors (Lipinski definition) is 3. The number of ether oxygens (including phenoxy) is 1. The largest absolute Gasteiger partial charge is 0.467 e. The van der Waals surface area contributed by atoms with Crippen LogP contribution in [0.2, 0.25) is 0 Å². The SMILES string of the molecule is C=C[C@H](NC(=O)OCc1ccccc1)c1ccco1. The van der Waals surface area contributed by atoms with Gasteiger partial charge >= 0.3 is 6.09 Å². The van der Waals surface area contributed by atoms with E-state index in [0.717, 1.165) is 5.56 Å². The van der Waals surface area contributed by atoms with E-state index in [1.165, 1.54) is 0 Å². The maximum absolute atomic E-state index is 11.7. The van der Waals surface area contributed by atoms with Crippen LogP contribution in [-0.2, 0) is 11.3 Å². The van der Waals surface area contributed by atoms with Gasteiger partial charge in [-0.25, -0.2) is 4.79 Å². The number of furan rings is 1. The molecule has 0 unspecified atom stereocenters. The molecule has 0 aliphatic carbocycles. The summed E-state index contributed by atoms with van der Waals surface area (Å²) in [5.41, 5.74) is 0.936. The van der Waals surface area contributed by atoms with Gasteiger partial charge in [0, 0.05) is 0 Å². The third-order valence-electron chi connectivity index (χ3n) is 2.57. The zero-order valence-corrected chi connectivity index (χ0v) is 10.4. The Kier molecular flexibility index (Phi) is 4.39. The molecule has 0 spiro atoms. The van der Waals surface area contributed by atoms with E-state index in [0.29, 0.717) is 5.76 Å². The molecular formula is C15H15NO3. The summed E-state index contributed by atoms with van der Waals surface area (Å²) in [6, 6.07) is 12.6. The van der Waals surface area contributed by atoms with E-state index < -0.39 is 12.1 Å². The van der Waals surface area contributed by atoms with Crippen molar-refractivity contribution in [3.8, 4) is 0 Å². The van der Waals surface area contributed by atoms with Crippen molar-refractivity contribution in [1.82, 2.24) is 5.32 Å². The molecule has 1 N–H and O–H groups in total. The van der Waals surface area contributed by atoms with E-state index in [9.17, 15) is 4.79 Å². The molecule has 1 heterocycles. The fraction of sp³-hybridized carbons (Fsp3) is 0.133. The van der Waals surface area contributed by atoms with Crippen LogP contribution in [0.3, 0.4) is 0 Å². The maximum Gasteiger partial charge on any atom is 0.408 e.